The summed E-state index contributed by atoms with van der Waals surface area (Å²) in [5.74, 6) is 0.557. The molecule has 2 aromatic carbocycles. The van der Waals surface area contributed by atoms with Gasteiger partial charge in [-0.3, -0.25) is 10.1 Å². The van der Waals surface area contributed by atoms with Gasteiger partial charge in [-0.2, -0.15) is 0 Å². The first-order chi connectivity index (χ1) is 9.66. The molecule has 2 N–H and O–H groups in total. The summed E-state index contributed by atoms with van der Waals surface area (Å²) < 4.78 is 5.54. The van der Waals surface area contributed by atoms with Crippen LogP contribution in [0.2, 0.25) is 0 Å². The number of benzene rings is 2. The average Bonchev–Trinajstić information content (AvgIpc) is 2.44. The maximum Gasteiger partial charge on any atom is 0.292 e. The monoisotopic (exact) mass is 272 g/mol. The third-order valence-corrected chi connectivity index (χ3v) is 2.92. The number of nitrogen functional groups attached to an aromatic ring is 1. The lowest BCUT2D eigenvalue weighted by Gasteiger charge is -2.07. The molecule has 0 aliphatic rings. The summed E-state index contributed by atoms with van der Waals surface area (Å²) in [5, 5.41) is 10.6. The van der Waals surface area contributed by atoms with Gasteiger partial charge in [0.1, 0.15) is 11.4 Å². The second-order valence-corrected chi connectivity index (χ2v) is 4.42. The minimum Gasteiger partial charge on any atom is -0.493 e. The molecular formula is C15H16N2O3. The van der Waals surface area contributed by atoms with Gasteiger partial charge in [-0.15, -0.1) is 0 Å². The van der Waals surface area contributed by atoms with Crippen molar-refractivity contribution in [2.24, 2.45) is 0 Å². The molecule has 0 fully saturated rings. The summed E-state index contributed by atoms with van der Waals surface area (Å²) in [6.45, 7) is 0.548. The standard InChI is InChI=1S/C15H16N2O3/c16-14-11-13(8-9-15(14)17(18)19)20-10-4-7-12-5-2-1-3-6-12/h1-3,5-6,8-9,11H,4,7,10,16H2. The molecule has 0 amide bonds. The highest BCUT2D eigenvalue weighted by molar-refractivity contribution is 5.60. The lowest BCUT2D eigenvalue weighted by atomic mass is 10.1. The number of anilines is 1. The Morgan fingerprint density at radius 1 is 1.15 bits per heavy atom. The third-order valence-electron chi connectivity index (χ3n) is 2.92. The second kappa shape index (κ2) is 6.56. The highest BCUT2D eigenvalue weighted by Crippen LogP contribution is 2.26. The molecule has 5 nitrogen and oxygen atoms in total. The number of hydrogen-bond donors (Lipinski definition) is 1. The van der Waals surface area contributed by atoms with Crippen LogP contribution in [-0.2, 0) is 6.42 Å². The van der Waals surface area contributed by atoms with Gasteiger partial charge in [-0.25, -0.2) is 0 Å². The normalized spacial score (nSPS) is 10.2. The van der Waals surface area contributed by atoms with E-state index in [0.29, 0.717) is 12.4 Å². The van der Waals surface area contributed by atoms with Crippen LogP contribution in [0.25, 0.3) is 0 Å². The van der Waals surface area contributed by atoms with E-state index in [9.17, 15) is 10.1 Å². The molecule has 0 aliphatic carbocycles. The van der Waals surface area contributed by atoms with E-state index in [1.165, 1.54) is 17.7 Å². The molecule has 0 heterocycles. The zero-order valence-corrected chi connectivity index (χ0v) is 11.0. The van der Waals surface area contributed by atoms with Crippen molar-refractivity contribution in [1.29, 1.82) is 0 Å². The molecule has 5 heteroatoms. The van der Waals surface area contributed by atoms with Crippen LogP contribution in [0.15, 0.2) is 48.5 Å². The Bertz CT molecular complexity index is 585. The average molecular weight is 272 g/mol. The van der Waals surface area contributed by atoms with E-state index in [2.05, 4.69) is 12.1 Å². The van der Waals surface area contributed by atoms with E-state index in [1.807, 2.05) is 18.2 Å². The summed E-state index contributed by atoms with van der Waals surface area (Å²) in [4.78, 5) is 10.1. The minimum atomic E-state index is -0.505. The van der Waals surface area contributed by atoms with Gasteiger partial charge in [-0.1, -0.05) is 30.3 Å². The smallest absolute Gasteiger partial charge is 0.292 e. The van der Waals surface area contributed by atoms with Gasteiger partial charge in [-0.05, 0) is 24.5 Å². The van der Waals surface area contributed by atoms with Crippen molar-refractivity contribution in [3.05, 3.63) is 64.2 Å². The van der Waals surface area contributed by atoms with Crippen molar-refractivity contribution in [3.8, 4) is 5.75 Å². The Balaban J connectivity index is 1.83. The van der Waals surface area contributed by atoms with E-state index in [-0.39, 0.29) is 11.4 Å². The molecule has 2 rings (SSSR count). The molecule has 0 unspecified atom stereocenters. The number of nitro benzene ring substituents is 1. The fourth-order valence-corrected chi connectivity index (χ4v) is 1.90. The number of nitro groups is 1. The van der Waals surface area contributed by atoms with E-state index < -0.39 is 4.92 Å². The van der Waals surface area contributed by atoms with Crippen molar-refractivity contribution >= 4 is 11.4 Å². The number of hydrogen-bond acceptors (Lipinski definition) is 4. The topological polar surface area (TPSA) is 78.4 Å². The van der Waals surface area contributed by atoms with E-state index >= 15 is 0 Å². The van der Waals surface area contributed by atoms with Crippen LogP contribution in [0.1, 0.15) is 12.0 Å². The number of nitrogens with two attached hydrogens (primary N) is 1. The van der Waals surface area contributed by atoms with Gasteiger partial charge in [0.2, 0.25) is 0 Å². The van der Waals surface area contributed by atoms with Gasteiger partial charge in [0.15, 0.2) is 0 Å². The quantitative estimate of drug-likeness (QED) is 0.379. The number of rotatable bonds is 6. The van der Waals surface area contributed by atoms with Gasteiger partial charge in [0.25, 0.3) is 5.69 Å². The molecule has 104 valence electrons. The highest BCUT2D eigenvalue weighted by atomic mass is 16.6. The maximum absolute atomic E-state index is 10.6. The predicted molar refractivity (Wildman–Crippen MR) is 77.8 cm³/mol. The van der Waals surface area contributed by atoms with E-state index in [4.69, 9.17) is 10.5 Å². The van der Waals surface area contributed by atoms with Crippen LogP contribution in [0.3, 0.4) is 0 Å². The SMILES string of the molecule is Nc1cc(OCCCc2ccccc2)ccc1[N+](=O)[O-]. The number of nitrogens with zero attached hydrogens (tertiary/aromatic N) is 1. The molecule has 0 saturated heterocycles. The lowest BCUT2D eigenvalue weighted by Crippen LogP contribution is -2.01. The zero-order chi connectivity index (χ0) is 14.4. The molecule has 0 spiro atoms. The summed E-state index contributed by atoms with van der Waals surface area (Å²) in [6, 6.07) is 14.6. The fourth-order valence-electron chi connectivity index (χ4n) is 1.90. The number of aryl methyl sites for hydroxylation is 1. The van der Waals surface area contributed by atoms with Crippen LogP contribution < -0.4 is 10.5 Å². The first-order valence-corrected chi connectivity index (χ1v) is 6.37. The minimum absolute atomic E-state index is 0.0957. The molecule has 2 aromatic rings. The molecule has 20 heavy (non-hydrogen) atoms. The second-order valence-electron chi connectivity index (χ2n) is 4.42. The molecule has 0 bridgehead atoms. The van der Waals surface area contributed by atoms with E-state index in [1.54, 1.807) is 6.07 Å². The fraction of sp³-hybridized carbons (Fsp3) is 0.200. The van der Waals surface area contributed by atoms with Crippen molar-refractivity contribution in [1.82, 2.24) is 0 Å². The van der Waals surface area contributed by atoms with Crippen molar-refractivity contribution < 1.29 is 9.66 Å². The number of ether oxygens (including phenoxy) is 1. The van der Waals surface area contributed by atoms with Crippen molar-refractivity contribution in [2.75, 3.05) is 12.3 Å². The largest absolute Gasteiger partial charge is 0.493 e. The Labute approximate surface area is 117 Å². The van der Waals surface area contributed by atoms with E-state index in [0.717, 1.165) is 12.8 Å². The van der Waals surface area contributed by atoms with Crippen molar-refractivity contribution in [3.63, 3.8) is 0 Å². The zero-order valence-electron chi connectivity index (χ0n) is 11.0. The maximum atomic E-state index is 10.6. The predicted octanol–water partition coefficient (Wildman–Crippen LogP) is 3.19. The summed E-state index contributed by atoms with van der Waals surface area (Å²) in [5.41, 5.74) is 6.88. The van der Waals surface area contributed by atoms with Crippen LogP contribution in [-0.4, -0.2) is 11.5 Å². The molecule has 0 aliphatic heterocycles. The molecule has 0 saturated carbocycles. The van der Waals surface area contributed by atoms with Crippen molar-refractivity contribution in [2.45, 2.75) is 12.8 Å². The van der Waals surface area contributed by atoms with Gasteiger partial charge < -0.3 is 10.5 Å². The summed E-state index contributed by atoms with van der Waals surface area (Å²) in [6.07, 6.45) is 1.81. The molecule has 0 radical (unpaired) electrons. The van der Waals surface area contributed by atoms with Crippen LogP contribution in [0.4, 0.5) is 11.4 Å². The first kappa shape index (κ1) is 13.9. The Morgan fingerprint density at radius 2 is 1.90 bits per heavy atom. The highest BCUT2D eigenvalue weighted by Gasteiger charge is 2.11. The third kappa shape index (κ3) is 3.71. The van der Waals surface area contributed by atoms with Gasteiger partial charge in [0.05, 0.1) is 11.5 Å². The van der Waals surface area contributed by atoms with Crippen LogP contribution in [0, 0.1) is 10.1 Å². The summed E-state index contributed by atoms with van der Waals surface area (Å²) >= 11 is 0. The Kier molecular flexibility index (Phi) is 4.55. The molecule has 0 aromatic heterocycles. The Hall–Kier alpha value is -2.56. The first-order valence-electron chi connectivity index (χ1n) is 6.37. The lowest BCUT2D eigenvalue weighted by molar-refractivity contribution is -0.383. The van der Waals surface area contributed by atoms with Crippen LogP contribution in [0.5, 0.6) is 5.75 Å². The van der Waals surface area contributed by atoms with Gasteiger partial charge in [0, 0.05) is 12.1 Å². The summed E-state index contributed by atoms with van der Waals surface area (Å²) in [7, 11) is 0. The van der Waals surface area contributed by atoms with Gasteiger partial charge >= 0.3 is 0 Å². The molecule has 0 atom stereocenters. The Morgan fingerprint density at radius 3 is 2.55 bits per heavy atom. The molecular weight excluding hydrogens is 256 g/mol. The van der Waals surface area contributed by atoms with Crippen LogP contribution >= 0.6 is 0 Å².